The minimum absolute atomic E-state index is 0.139. The lowest BCUT2D eigenvalue weighted by molar-refractivity contribution is 0.384. The quantitative estimate of drug-likeness (QED) is 0.858. The van der Waals surface area contributed by atoms with Crippen LogP contribution in [0.3, 0.4) is 0 Å². The van der Waals surface area contributed by atoms with Gasteiger partial charge in [0.05, 0.1) is 11.6 Å². The normalized spacial score (nSPS) is 12.4. The van der Waals surface area contributed by atoms with Crippen LogP contribution in [0.5, 0.6) is 5.88 Å². The van der Waals surface area contributed by atoms with Crippen molar-refractivity contribution in [2.24, 2.45) is 0 Å². The van der Waals surface area contributed by atoms with Crippen molar-refractivity contribution in [2.45, 2.75) is 26.8 Å². The predicted molar refractivity (Wildman–Crippen MR) is 72.7 cm³/mol. The van der Waals surface area contributed by atoms with Crippen LogP contribution in [0.4, 0.5) is 0 Å². The smallest absolute Gasteiger partial charge is 0.331 e. The van der Waals surface area contributed by atoms with E-state index >= 15 is 0 Å². The van der Waals surface area contributed by atoms with Crippen LogP contribution in [0.25, 0.3) is 0 Å². The zero-order valence-electron chi connectivity index (χ0n) is 11.1. The second-order valence-electron chi connectivity index (χ2n) is 4.61. The summed E-state index contributed by atoms with van der Waals surface area (Å²) in [5.74, 6) is -0.287. The van der Waals surface area contributed by atoms with Crippen LogP contribution >= 0.6 is 0 Å². The molecule has 0 radical (unpaired) electrons. The van der Waals surface area contributed by atoms with Gasteiger partial charge in [0.15, 0.2) is 0 Å². The third-order valence-electron chi connectivity index (χ3n) is 3.37. The van der Waals surface area contributed by atoms with Crippen molar-refractivity contribution < 1.29 is 5.11 Å². The van der Waals surface area contributed by atoms with E-state index in [4.69, 9.17) is 0 Å². The summed E-state index contributed by atoms with van der Waals surface area (Å²) < 4.78 is 1.19. The van der Waals surface area contributed by atoms with E-state index in [-0.39, 0.29) is 17.5 Å². The van der Waals surface area contributed by atoms with Crippen LogP contribution in [0, 0.1) is 13.8 Å². The standard InChI is InChI=1S/C14H16N2O3/c1-8-6-4-5-7-11(8)10(3)16-13(18)9(2)12(17)15-14(16)19/h4-7,10,18H,1-3H3,(H,15,17,19). The molecule has 19 heavy (non-hydrogen) atoms. The largest absolute Gasteiger partial charge is 0.494 e. The summed E-state index contributed by atoms with van der Waals surface area (Å²) in [4.78, 5) is 25.5. The third kappa shape index (κ3) is 2.19. The topological polar surface area (TPSA) is 75.1 Å². The number of hydrogen-bond acceptors (Lipinski definition) is 3. The molecule has 100 valence electrons. The van der Waals surface area contributed by atoms with Crippen molar-refractivity contribution in [3.8, 4) is 5.88 Å². The molecule has 5 heteroatoms. The van der Waals surface area contributed by atoms with Crippen molar-refractivity contribution in [3.05, 3.63) is 61.8 Å². The Balaban J connectivity index is 2.67. The zero-order chi connectivity index (χ0) is 14.2. The molecular weight excluding hydrogens is 244 g/mol. The molecule has 1 unspecified atom stereocenters. The van der Waals surface area contributed by atoms with E-state index in [0.29, 0.717) is 0 Å². The minimum Gasteiger partial charge on any atom is -0.494 e. The lowest BCUT2D eigenvalue weighted by Crippen LogP contribution is -2.33. The number of nitrogens with zero attached hydrogens (tertiary/aromatic N) is 1. The summed E-state index contributed by atoms with van der Waals surface area (Å²) in [6, 6.07) is 7.26. The van der Waals surface area contributed by atoms with Gasteiger partial charge in [0.2, 0.25) is 5.88 Å². The maximum atomic E-state index is 11.9. The average Bonchev–Trinajstić information content (AvgIpc) is 2.36. The molecule has 1 aromatic carbocycles. The number of benzene rings is 1. The number of H-pyrrole nitrogens is 1. The van der Waals surface area contributed by atoms with Gasteiger partial charge in [0.1, 0.15) is 0 Å². The molecule has 0 aliphatic rings. The SMILES string of the molecule is Cc1ccccc1C(C)n1c(O)c(C)c(=O)[nH]c1=O. The molecule has 0 aliphatic heterocycles. The third-order valence-corrected chi connectivity index (χ3v) is 3.37. The van der Waals surface area contributed by atoms with Gasteiger partial charge in [0, 0.05) is 0 Å². The number of aromatic amines is 1. The summed E-state index contributed by atoms with van der Waals surface area (Å²) >= 11 is 0. The van der Waals surface area contributed by atoms with E-state index in [0.717, 1.165) is 11.1 Å². The van der Waals surface area contributed by atoms with E-state index in [1.807, 2.05) is 31.2 Å². The Bertz CT molecular complexity index is 728. The maximum Gasteiger partial charge on any atom is 0.331 e. The number of aromatic nitrogens is 2. The average molecular weight is 260 g/mol. The van der Waals surface area contributed by atoms with Gasteiger partial charge in [-0.2, -0.15) is 0 Å². The van der Waals surface area contributed by atoms with E-state index < -0.39 is 11.2 Å². The van der Waals surface area contributed by atoms with Crippen LogP contribution in [0.2, 0.25) is 0 Å². The molecule has 0 amide bonds. The molecule has 0 saturated heterocycles. The molecule has 0 fully saturated rings. The first-order chi connectivity index (χ1) is 8.93. The Labute approximate surface area is 110 Å². The molecule has 1 aromatic heterocycles. The van der Waals surface area contributed by atoms with E-state index in [2.05, 4.69) is 4.98 Å². The summed E-state index contributed by atoms with van der Waals surface area (Å²) in [7, 11) is 0. The number of hydrogen-bond donors (Lipinski definition) is 2. The molecule has 2 aromatic rings. The molecule has 5 nitrogen and oxygen atoms in total. The highest BCUT2D eigenvalue weighted by Gasteiger charge is 2.18. The number of aromatic hydroxyl groups is 1. The Hall–Kier alpha value is -2.30. The van der Waals surface area contributed by atoms with Crippen LogP contribution < -0.4 is 11.2 Å². The first-order valence-corrected chi connectivity index (χ1v) is 6.03. The van der Waals surface area contributed by atoms with Gasteiger partial charge in [0.25, 0.3) is 5.56 Å². The Morgan fingerprint density at radius 3 is 2.47 bits per heavy atom. The van der Waals surface area contributed by atoms with E-state index in [1.165, 1.54) is 11.5 Å². The highest BCUT2D eigenvalue weighted by atomic mass is 16.3. The first kappa shape index (κ1) is 13.1. The summed E-state index contributed by atoms with van der Waals surface area (Å²) in [5.41, 5.74) is 0.913. The highest BCUT2D eigenvalue weighted by Crippen LogP contribution is 2.23. The summed E-state index contributed by atoms with van der Waals surface area (Å²) in [6.07, 6.45) is 0. The number of nitrogens with one attached hydrogen (secondary N) is 1. The summed E-state index contributed by atoms with van der Waals surface area (Å²) in [5, 5.41) is 10.0. The predicted octanol–water partition coefficient (Wildman–Crippen LogP) is 1.47. The van der Waals surface area contributed by atoms with Gasteiger partial charge in [-0.05, 0) is 31.9 Å². The summed E-state index contributed by atoms with van der Waals surface area (Å²) in [6.45, 7) is 5.22. The molecule has 0 spiro atoms. The van der Waals surface area contributed by atoms with Crippen LogP contribution in [0.1, 0.15) is 29.7 Å². The molecule has 0 saturated carbocycles. The van der Waals surface area contributed by atoms with Gasteiger partial charge in [-0.1, -0.05) is 24.3 Å². The van der Waals surface area contributed by atoms with Crippen molar-refractivity contribution in [1.29, 1.82) is 0 Å². The van der Waals surface area contributed by atoms with Crippen molar-refractivity contribution in [1.82, 2.24) is 9.55 Å². The minimum atomic E-state index is -0.608. The molecule has 1 atom stereocenters. The van der Waals surface area contributed by atoms with Gasteiger partial charge >= 0.3 is 5.69 Å². The molecule has 2 rings (SSSR count). The molecular formula is C14H16N2O3. The van der Waals surface area contributed by atoms with Gasteiger partial charge < -0.3 is 5.11 Å². The zero-order valence-corrected chi connectivity index (χ0v) is 11.1. The first-order valence-electron chi connectivity index (χ1n) is 6.03. The number of rotatable bonds is 2. The Kier molecular flexibility index (Phi) is 3.29. The van der Waals surface area contributed by atoms with Crippen LogP contribution in [0.15, 0.2) is 33.9 Å². The van der Waals surface area contributed by atoms with Gasteiger partial charge in [-0.25, -0.2) is 4.79 Å². The van der Waals surface area contributed by atoms with Crippen molar-refractivity contribution in [2.75, 3.05) is 0 Å². The molecule has 0 bridgehead atoms. The number of aryl methyl sites for hydroxylation is 1. The lowest BCUT2D eigenvalue weighted by atomic mass is 10.0. The highest BCUT2D eigenvalue weighted by molar-refractivity contribution is 5.31. The second-order valence-corrected chi connectivity index (χ2v) is 4.61. The maximum absolute atomic E-state index is 11.9. The molecule has 1 heterocycles. The lowest BCUT2D eigenvalue weighted by Gasteiger charge is -2.19. The van der Waals surface area contributed by atoms with Gasteiger partial charge in [-0.15, -0.1) is 0 Å². The van der Waals surface area contributed by atoms with E-state index in [9.17, 15) is 14.7 Å². The van der Waals surface area contributed by atoms with Gasteiger partial charge in [-0.3, -0.25) is 14.3 Å². The fourth-order valence-electron chi connectivity index (χ4n) is 2.18. The monoisotopic (exact) mass is 260 g/mol. The fourth-order valence-corrected chi connectivity index (χ4v) is 2.18. The Morgan fingerprint density at radius 2 is 1.84 bits per heavy atom. The van der Waals surface area contributed by atoms with Crippen molar-refractivity contribution >= 4 is 0 Å². The Morgan fingerprint density at radius 1 is 1.21 bits per heavy atom. The van der Waals surface area contributed by atoms with Crippen LogP contribution in [-0.4, -0.2) is 14.7 Å². The molecule has 2 N–H and O–H groups in total. The van der Waals surface area contributed by atoms with E-state index in [1.54, 1.807) is 6.92 Å². The molecule has 0 aliphatic carbocycles. The van der Waals surface area contributed by atoms with Crippen LogP contribution in [-0.2, 0) is 0 Å². The fraction of sp³-hybridized carbons (Fsp3) is 0.286. The second kappa shape index (κ2) is 4.76. The van der Waals surface area contributed by atoms with Crippen molar-refractivity contribution in [3.63, 3.8) is 0 Å².